The molecule has 13 heavy (non-hydrogen) atoms. The van der Waals surface area contributed by atoms with Gasteiger partial charge in [-0.1, -0.05) is 30.4 Å². The molecule has 0 amide bonds. The third-order valence-electron chi connectivity index (χ3n) is 2.37. The van der Waals surface area contributed by atoms with E-state index in [4.69, 9.17) is 0 Å². The van der Waals surface area contributed by atoms with Gasteiger partial charge in [0.15, 0.2) is 0 Å². The molecular formula is C11H11FO. The van der Waals surface area contributed by atoms with E-state index >= 15 is 0 Å². The molecule has 68 valence electrons. The van der Waals surface area contributed by atoms with Crippen molar-refractivity contribution in [1.29, 1.82) is 0 Å². The number of rotatable bonds is 1. The lowest BCUT2D eigenvalue weighted by Gasteiger charge is -2.09. The second-order valence-electron chi connectivity index (χ2n) is 3.32. The summed E-state index contributed by atoms with van der Waals surface area (Å²) < 4.78 is 13.3. The zero-order valence-corrected chi connectivity index (χ0v) is 7.15. The molecule has 1 nitrogen and oxygen atoms in total. The SMILES string of the molecule is O[C@H]1C=C[C@H](c2ccccc2F)C1. The lowest BCUT2D eigenvalue weighted by molar-refractivity contribution is 0.218. The topological polar surface area (TPSA) is 20.2 Å². The Balaban J connectivity index is 2.27. The van der Waals surface area contributed by atoms with Crippen molar-refractivity contribution in [3.05, 3.63) is 47.8 Å². The van der Waals surface area contributed by atoms with Crippen LogP contribution in [0.4, 0.5) is 4.39 Å². The monoisotopic (exact) mass is 178 g/mol. The molecule has 1 aromatic rings. The molecule has 2 heteroatoms. The molecule has 1 N–H and O–H groups in total. The number of hydrogen-bond donors (Lipinski definition) is 1. The Kier molecular flexibility index (Phi) is 2.15. The van der Waals surface area contributed by atoms with Gasteiger partial charge >= 0.3 is 0 Å². The third-order valence-corrected chi connectivity index (χ3v) is 2.37. The number of aliphatic hydroxyl groups excluding tert-OH is 1. The van der Waals surface area contributed by atoms with Gasteiger partial charge in [0, 0.05) is 5.92 Å². The van der Waals surface area contributed by atoms with Gasteiger partial charge in [0.25, 0.3) is 0 Å². The minimum Gasteiger partial charge on any atom is -0.389 e. The zero-order valence-electron chi connectivity index (χ0n) is 7.15. The standard InChI is InChI=1S/C11H11FO/c12-11-4-2-1-3-10(11)8-5-6-9(13)7-8/h1-6,8-9,13H,7H2/t8-,9-/m0/s1. The average molecular weight is 178 g/mol. The molecule has 0 heterocycles. The van der Waals surface area contributed by atoms with Gasteiger partial charge in [0.05, 0.1) is 6.10 Å². The van der Waals surface area contributed by atoms with Crippen LogP contribution in [0.15, 0.2) is 36.4 Å². The van der Waals surface area contributed by atoms with E-state index in [1.54, 1.807) is 18.2 Å². The van der Waals surface area contributed by atoms with Crippen molar-refractivity contribution in [2.24, 2.45) is 0 Å². The fourth-order valence-electron chi connectivity index (χ4n) is 1.69. The quantitative estimate of drug-likeness (QED) is 0.654. The fourth-order valence-corrected chi connectivity index (χ4v) is 1.69. The number of aliphatic hydroxyl groups is 1. The van der Waals surface area contributed by atoms with E-state index in [2.05, 4.69) is 0 Å². The van der Waals surface area contributed by atoms with E-state index in [-0.39, 0.29) is 11.7 Å². The molecule has 1 aromatic carbocycles. The van der Waals surface area contributed by atoms with Gasteiger partial charge in [0.1, 0.15) is 5.82 Å². The van der Waals surface area contributed by atoms with E-state index in [1.807, 2.05) is 12.1 Å². The highest BCUT2D eigenvalue weighted by atomic mass is 19.1. The van der Waals surface area contributed by atoms with Crippen LogP contribution in [0.2, 0.25) is 0 Å². The Morgan fingerprint density at radius 2 is 2.00 bits per heavy atom. The van der Waals surface area contributed by atoms with Gasteiger partial charge in [0.2, 0.25) is 0 Å². The molecule has 0 bridgehead atoms. The van der Waals surface area contributed by atoms with E-state index in [9.17, 15) is 9.50 Å². The van der Waals surface area contributed by atoms with E-state index in [0.717, 1.165) is 0 Å². The summed E-state index contributed by atoms with van der Waals surface area (Å²) in [4.78, 5) is 0. The molecule has 0 fully saturated rings. The van der Waals surface area contributed by atoms with Gasteiger partial charge in [-0.2, -0.15) is 0 Å². The van der Waals surface area contributed by atoms with Gasteiger partial charge < -0.3 is 5.11 Å². The molecule has 0 radical (unpaired) electrons. The van der Waals surface area contributed by atoms with E-state index in [1.165, 1.54) is 6.07 Å². The van der Waals surface area contributed by atoms with Crippen molar-refractivity contribution < 1.29 is 9.50 Å². The summed E-state index contributed by atoms with van der Waals surface area (Å²) in [6.07, 6.45) is 3.77. The summed E-state index contributed by atoms with van der Waals surface area (Å²) in [6, 6.07) is 6.71. The summed E-state index contributed by atoms with van der Waals surface area (Å²) in [7, 11) is 0. The lowest BCUT2D eigenvalue weighted by Crippen LogP contribution is -2.02. The van der Waals surface area contributed by atoms with Crippen LogP contribution in [-0.4, -0.2) is 11.2 Å². The molecule has 0 unspecified atom stereocenters. The van der Waals surface area contributed by atoms with Crippen molar-refractivity contribution in [1.82, 2.24) is 0 Å². The zero-order chi connectivity index (χ0) is 9.26. The first-order chi connectivity index (χ1) is 6.27. The summed E-state index contributed by atoms with van der Waals surface area (Å²) in [6.45, 7) is 0. The average Bonchev–Trinajstić information content (AvgIpc) is 2.53. The summed E-state index contributed by atoms with van der Waals surface area (Å²) in [5.74, 6) is -0.151. The van der Waals surface area contributed by atoms with Crippen molar-refractivity contribution >= 4 is 0 Å². The molecule has 0 saturated heterocycles. The van der Waals surface area contributed by atoms with Gasteiger partial charge in [-0.25, -0.2) is 4.39 Å². The molecule has 1 aliphatic rings. The van der Waals surface area contributed by atoms with Gasteiger partial charge in [-0.15, -0.1) is 0 Å². The number of hydrogen-bond acceptors (Lipinski definition) is 1. The highest BCUT2D eigenvalue weighted by Gasteiger charge is 2.20. The Morgan fingerprint density at radius 1 is 1.23 bits per heavy atom. The predicted molar refractivity (Wildman–Crippen MR) is 48.9 cm³/mol. The summed E-state index contributed by atoms with van der Waals surface area (Å²) in [5, 5.41) is 9.24. The highest BCUT2D eigenvalue weighted by Crippen LogP contribution is 2.29. The maximum Gasteiger partial charge on any atom is 0.126 e. The van der Waals surface area contributed by atoms with Crippen LogP contribution in [0.25, 0.3) is 0 Å². The first kappa shape index (κ1) is 8.45. The second-order valence-corrected chi connectivity index (χ2v) is 3.32. The summed E-state index contributed by atoms with van der Waals surface area (Å²) in [5.41, 5.74) is 0.676. The fraction of sp³-hybridized carbons (Fsp3) is 0.273. The van der Waals surface area contributed by atoms with Crippen molar-refractivity contribution in [3.63, 3.8) is 0 Å². The Morgan fingerprint density at radius 3 is 2.62 bits per heavy atom. The maximum atomic E-state index is 13.3. The van der Waals surface area contributed by atoms with Crippen molar-refractivity contribution in [3.8, 4) is 0 Å². The predicted octanol–water partition coefficient (Wildman–Crippen LogP) is 2.23. The van der Waals surface area contributed by atoms with Crippen LogP contribution in [-0.2, 0) is 0 Å². The van der Waals surface area contributed by atoms with Crippen LogP contribution >= 0.6 is 0 Å². The Hall–Kier alpha value is -1.15. The Bertz CT molecular complexity index is 333. The van der Waals surface area contributed by atoms with Gasteiger partial charge in [-0.05, 0) is 18.1 Å². The van der Waals surface area contributed by atoms with Crippen LogP contribution < -0.4 is 0 Å². The first-order valence-corrected chi connectivity index (χ1v) is 4.38. The number of allylic oxidation sites excluding steroid dienone is 1. The minimum absolute atomic E-state index is 0.0381. The smallest absolute Gasteiger partial charge is 0.126 e. The number of halogens is 1. The molecule has 0 saturated carbocycles. The van der Waals surface area contributed by atoms with Crippen LogP contribution in [0.3, 0.4) is 0 Å². The normalized spacial score (nSPS) is 26.6. The van der Waals surface area contributed by atoms with Crippen LogP contribution in [0.1, 0.15) is 17.9 Å². The molecule has 2 rings (SSSR count). The highest BCUT2D eigenvalue weighted by molar-refractivity contribution is 5.28. The summed E-state index contributed by atoms with van der Waals surface area (Å²) >= 11 is 0. The molecule has 0 aliphatic heterocycles. The molecule has 0 aromatic heterocycles. The molecule has 0 spiro atoms. The van der Waals surface area contributed by atoms with E-state index < -0.39 is 6.10 Å². The van der Waals surface area contributed by atoms with Crippen LogP contribution in [0.5, 0.6) is 0 Å². The maximum absolute atomic E-state index is 13.3. The molecular weight excluding hydrogens is 167 g/mol. The lowest BCUT2D eigenvalue weighted by atomic mass is 9.98. The number of benzene rings is 1. The van der Waals surface area contributed by atoms with Crippen LogP contribution in [0, 0.1) is 5.82 Å². The second kappa shape index (κ2) is 3.30. The Labute approximate surface area is 76.5 Å². The minimum atomic E-state index is -0.412. The van der Waals surface area contributed by atoms with E-state index in [0.29, 0.717) is 12.0 Å². The molecule has 2 atom stereocenters. The largest absolute Gasteiger partial charge is 0.389 e. The third kappa shape index (κ3) is 1.63. The first-order valence-electron chi connectivity index (χ1n) is 4.38. The van der Waals surface area contributed by atoms with Crippen molar-refractivity contribution in [2.45, 2.75) is 18.4 Å². The molecule has 1 aliphatic carbocycles. The van der Waals surface area contributed by atoms with Gasteiger partial charge in [-0.3, -0.25) is 0 Å². The van der Waals surface area contributed by atoms with Crippen molar-refractivity contribution in [2.75, 3.05) is 0 Å².